The summed E-state index contributed by atoms with van der Waals surface area (Å²) >= 11 is 16.2. The Morgan fingerprint density at radius 3 is 2.59 bits per heavy atom. The average Bonchev–Trinajstić information content (AvgIpc) is 3.11. The molecule has 166 valence electrons. The van der Waals surface area contributed by atoms with Gasteiger partial charge in [0, 0.05) is 39.1 Å². The summed E-state index contributed by atoms with van der Waals surface area (Å²) in [6.45, 7) is 1.57. The average molecular weight is 649 g/mol. The molecule has 2 heterocycles. The second-order valence-corrected chi connectivity index (χ2v) is 9.76. The number of hydrogen-bond donors (Lipinski definition) is 2. The Morgan fingerprint density at radius 2 is 1.94 bits per heavy atom. The van der Waals surface area contributed by atoms with Crippen LogP contribution in [0.1, 0.15) is 34.2 Å². The van der Waals surface area contributed by atoms with Gasteiger partial charge in [-0.3, -0.25) is 14.4 Å². The quantitative estimate of drug-likeness (QED) is 0.344. The summed E-state index contributed by atoms with van der Waals surface area (Å²) in [6.07, 6.45) is 1.43. The summed E-state index contributed by atoms with van der Waals surface area (Å²) in [6, 6.07) is 8.05. The molecule has 32 heavy (non-hydrogen) atoms. The van der Waals surface area contributed by atoms with Crippen LogP contribution in [0.25, 0.3) is 5.82 Å². The molecule has 0 fully saturated rings. The summed E-state index contributed by atoms with van der Waals surface area (Å²) in [5.74, 6) is -1.88. The third-order valence-electron chi connectivity index (χ3n) is 4.42. The standard InChI is InChI=1S/C20H15Br3ClN5O3/c1-9(18(25)31)5-15(30)11-6-10(21)7-12(22)17(11)27-20(32)14-8-16(23)28-29(14)19-13(24)3-2-4-26-19/h2-4,6-9H,5H2,1H3,(H2,25,31)(H,27,32). The Kier molecular flexibility index (Phi) is 7.86. The predicted molar refractivity (Wildman–Crippen MR) is 131 cm³/mol. The number of nitrogens with two attached hydrogens (primary N) is 1. The van der Waals surface area contributed by atoms with Gasteiger partial charge in [0.2, 0.25) is 5.91 Å². The van der Waals surface area contributed by atoms with Crippen molar-refractivity contribution in [1.82, 2.24) is 14.8 Å². The number of Topliss-reactive ketones (excluding diaryl/α,β-unsaturated/α-hetero) is 1. The minimum absolute atomic E-state index is 0.103. The van der Waals surface area contributed by atoms with Gasteiger partial charge in [0.25, 0.3) is 5.91 Å². The Balaban J connectivity index is 2.00. The van der Waals surface area contributed by atoms with Crippen LogP contribution in [0.4, 0.5) is 5.69 Å². The van der Waals surface area contributed by atoms with E-state index in [2.05, 4.69) is 63.2 Å². The molecule has 0 aliphatic rings. The van der Waals surface area contributed by atoms with Crippen molar-refractivity contribution >= 4 is 82.7 Å². The largest absolute Gasteiger partial charge is 0.369 e. The van der Waals surface area contributed by atoms with Crippen molar-refractivity contribution in [3.8, 4) is 5.82 Å². The number of pyridine rings is 1. The number of aromatic nitrogens is 3. The van der Waals surface area contributed by atoms with E-state index in [1.165, 1.54) is 16.9 Å². The van der Waals surface area contributed by atoms with E-state index >= 15 is 0 Å². The molecule has 0 bridgehead atoms. The van der Waals surface area contributed by atoms with Gasteiger partial charge < -0.3 is 11.1 Å². The van der Waals surface area contributed by atoms with E-state index < -0.39 is 17.7 Å². The van der Waals surface area contributed by atoms with Crippen LogP contribution in [0.3, 0.4) is 0 Å². The first-order valence-corrected chi connectivity index (χ1v) is 11.8. The zero-order valence-electron chi connectivity index (χ0n) is 16.4. The molecule has 0 aliphatic carbocycles. The molecule has 0 radical (unpaired) electrons. The fourth-order valence-corrected chi connectivity index (χ4v) is 4.70. The van der Waals surface area contributed by atoms with Gasteiger partial charge in [-0.05, 0) is 56.1 Å². The van der Waals surface area contributed by atoms with E-state index in [9.17, 15) is 14.4 Å². The topological polar surface area (TPSA) is 120 Å². The van der Waals surface area contributed by atoms with Crippen molar-refractivity contribution in [1.29, 1.82) is 0 Å². The van der Waals surface area contributed by atoms with E-state index in [0.29, 0.717) is 18.6 Å². The number of anilines is 1. The molecule has 1 atom stereocenters. The highest BCUT2D eigenvalue weighted by Gasteiger charge is 2.24. The molecule has 1 aromatic carbocycles. The molecule has 8 nitrogen and oxygen atoms in total. The zero-order chi connectivity index (χ0) is 23.6. The summed E-state index contributed by atoms with van der Waals surface area (Å²) in [4.78, 5) is 41.7. The summed E-state index contributed by atoms with van der Waals surface area (Å²) in [7, 11) is 0. The van der Waals surface area contributed by atoms with Crippen molar-refractivity contribution in [2.75, 3.05) is 5.32 Å². The summed E-state index contributed by atoms with van der Waals surface area (Å²) in [5, 5.41) is 7.30. The lowest BCUT2D eigenvalue weighted by Crippen LogP contribution is -2.24. The number of carbonyl (C=O) groups is 3. The van der Waals surface area contributed by atoms with Gasteiger partial charge in [-0.25, -0.2) is 9.67 Å². The maximum atomic E-state index is 13.2. The lowest BCUT2D eigenvalue weighted by atomic mass is 9.98. The van der Waals surface area contributed by atoms with Gasteiger partial charge in [0.1, 0.15) is 10.3 Å². The van der Waals surface area contributed by atoms with E-state index in [4.69, 9.17) is 17.3 Å². The molecule has 0 saturated carbocycles. The molecule has 0 spiro atoms. The molecule has 12 heteroatoms. The zero-order valence-corrected chi connectivity index (χ0v) is 21.9. The Hall–Kier alpha value is -2.08. The van der Waals surface area contributed by atoms with Gasteiger partial charge >= 0.3 is 0 Å². The molecule has 0 aliphatic heterocycles. The second-order valence-electron chi connectivity index (χ2n) is 6.77. The normalized spacial score (nSPS) is 11.8. The number of halogens is 4. The molecule has 2 amide bonds. The van der Waals surface area contributed by atoms with Crippen LogP contribution >= 0.6 is 59.4 Å². The fourth-order valence-electron chi connectivity index (χ4n) is 2.80. The molecule has 3 N–H and O–H groups in total. The number of hydrogen-bond acceptors (Lipinski definition) is 5. The minimum Gasteiger partial charge on any atom is -0.369 e. The maximum Gasteiger partial charge on any atom is 0.274 e. The number of rotatable bonds is 7. The van der Waals surface area contributed by atoms with E-state index in [-0.39, 0.29) is 35.0 Å². The summed E-state index contributed by atoms with van der Waals surface area (Å²) < 4.78 is 2.78. The Morgan fingerprint density at radius 1 is 1.22 bits per heavy atom. The van der Waals surface area contributed by atoms with Crippen LogP contribution in [0, 0.1) is 5.92 Å². The first kappa shape index (κ1) is 24.6. The van der Waals surface area contributed by atoms with Crippen molar-refractivity contribution in [3.63, 3.8) is 0 Å². The number of amides is 2. The number of carbonyl (C=O) groups excluding carboxylic acids is 3. The number of nitrogens with zero attached hydrogens (tertiary/aromatic N) is 3. The van der Waals surface area contributed by atoms with E-state index in [0.717, 1.165) is 0 Å². The van der Waals surface area contributed by atoms with Gasteiger partial charge in [0.15, 0.2) is 11.6 Å². The van der Waals surface area contributed by atoms with Crippen LogP contribution in [0.15, 0.2) is 50.1 Å². The second kappa shape index (κ2) is 10.2. The first-order chi connectivity index (χ1) is 15.1. The highest BCUT2D eigenvalue weighted by atomic mass is 79.9. The molecule has 2 aromatic heterocycles. The first-order valence-electron chi connectivity index (χ1n) is 9.07. The molecule has 3 rings (SSSR count). The van der Waals surface area contributed by atoms with Gasteiger partial charge in [-0.1, -0.05) is 34.5 Å². The number of ketones is 1. The van der Waals surface area contributed by atoms with Crippen LogP contribution in [0.5, 0.6) is 0 Å². The predicted octanol–water partition coefficient (Wildman–Crippen LogP) is 5.15. The van der Waals surface area contributed by atoms with Crippen LogP contribution < -0.4 is 11.1 Å². The SMILES string of the molecule is CC(CC(=O)c1cc(Br)cc(Br)c1NC(=O)c1cc(Br)nn1-c1ncccc1Cl)C(N)=O. The molecule has 3 aromatic rings. The van der Waals surface area contributed by atoms with Crippen molar-refractivity contribution in [2.45, 2.75) is 13.3 Å². The third-order valence-corrected chi connectivity index (χ3v) is 6.19. The van der Waals surface area contributed by atoms with Crippen LogP contribution in [0.2, 0.25) is 5.02 Å². The van der Waals surface area contributed by atoms with Gasteiger partial charge in [0.05, 0.1) is 10.7 Å². The Labute approximate surface area is 213 Å². The molecule has 1 unspecified atom stereocenters. The molecule has 0 saturated heterocycles. The molecular formula is C20H15Br3ClN5O3. The van der Waals surface area contributed by atoms with Crippen molar-refractivity contribution in [2.24, 2.45) is 11.7 Å². The monoisotopic (exact) mass is 645 g/mol. The maximum absolute atomic E-state index is 13.2. The molecular weight excluding hydrogens is 633 g/mol. The van der Waals surface area contributed by atoms with Crippen LogP contribution in [-0.4, -0.2) is 32.4 Å². The lowest BCUT2D eigenvalue weighted by molar-refractivity contribution is -0.121. The van der Waals surface area contributed by atoms with Gasteiger partial charge in [-0.2, -0.15) is 5.10 Å². The van der Waals surface area contributed by atoms with E-state index in [1.807, 2.05) is 0 Å². The number of benzene rings is 1. The summed E-state index contributed by atoms with van der Waals surface area (Å²) in [5.41, 5.74) is 5.89. The highest BCUT2D eigenvalue weighted by Crippen LogP contribution is 2.33. The fraction of sp³-hybridized carbons (Fsp3) is 0.150. The van der Waals surface area contributed by atoms with E-state index in [1.54, 1.807) is 31.2 Å². The smallest absolute Gasteiger partial charge is 0.274 e. The van der Waals surface area contributed by atoms with Crippen LogP contribution in [-0.2, 0) is 4.79 Å². The number of primary amides is 1. The van der Waals surface area contributed by atoms with Gasteiger partial charge in [-0.15, -0.1) is 0 Å². The number of nitrogens with one attached hydrogen (secondary N) is 1. The third kappa shape index (κ3) is 5.45. The minimum atomic E-state index is -0.660. The lowest BCUT2D eigenvalue weighted by Gasteiger charge is -2.15. The van der Waals surface area contributed by atoms with Crippen molar-refractivity contribution < 1.29 is 14.4 Å². The highest BCUT2D eigenvalue weighted by molar-refractivity contribution is 9.11. The van der Waals surface area contributed by atoms with Crippen molar-refractivity contribution in [3.05, 3.63) is 66.4 Å². The Bertz CT molecular complexity index is 1230.